The van der Waals surface area contributed by atoms with Crippen LogP contribution in [-0.4, -0.2) is 35.9 Å². The first-order valence-corrected chi connectivity index (χ1v) is 7.03. The second-order valence-electron chi connectivity index (χ2n) is 3.85. The number of ether oxygens (including phenoxy) is 2. The summed E-state index contributed by atoms with van der Waals surface area (Å²) in [6.45, 7) is 4.52. The summed E-state index contributed by atoms with van der Waals surface area (Å²) in [5.74, 6) is -1.37. The van der Waals surface area contributed by atoms with Crippen LogP contribution in [0.4, 0.5) is 0 Å². The van der Waals surface area contributed by atoms with E-state index in [4.69, 9.17) is 32.7 Å². The molecule has 0 heterocycles. The van der Waals surface area contributed by atoms with Crippen molar-refractivity contribution in [3.05, 3.63) is 0 Å². The third-order valence-electron chi connectivity index (χ3n) is 2.19. The number of rotatable bonds is 9. The highest BCUT2D eigenvalue weighted by atomic mass is 35.5. The van der Waals surface area contributed by atoms with E-state index < -0.39 is 22.7 Å². The summed E-state index contributed by atoms with van der Waals surface area (Å²) in [7, 11) is 0. The Balaban J connectivity index is 4.02. The van der Waals surface area contributed by atoms with Gasteiger partial charge in [-0.2, -0.15) is 0 Å². The molecule has 0 radical (unpaired) electrons. The third kappa shape index (κ3) is 7.07. The number of esters is 2. The van der Waals surface area contributed by atoms with Gasteiger partial charge in [0.25, 0.3) is 0 Å². The van der Waals surface area contributed by atoms with Crippen LogP contribution in [0.1, 0.15) is 39.5 Å². The smallest absolute Gasteiger partial charge is 0.326 e. The summed E-state index contributed by atoms with van der Waals surface area (Å²) < 4.78 is 9.76. The van der Waals surface area contributed by atoms with Crippen molar-refractivity contribution in [2.24, 2.45) is 0 Å². The molecule has 6 heteroatoms. The topological polar surface area (TPSA) is 52.6 Å². The number of carbonyl (C=O) groups is 2. The maximum absolute atomic E-state index is 11.4. The van der Waals surface area contributed by atoms with Crippen molar-refractivity contribution in [2.75, 3.05) is 13.2 Å². The molecule has 0 aromatic heterocycles. The van der Waals surface area contributed by atoms with Gasteiger partial charge in [-0.05, 0) is 12.8 Å². The molecule has 2 unspecified atom stereocenters. The lowest BCUT2D eigenvalue weighted by Gasteiger charge is -2.14. The van der Waals surface area contributed by atoms with E-state index in [1.807, 2.05) is 13.8 Å². The molecular weight excluding hydrogens is 279 g/mol. The van der Waals surface area contributed by atoms with E-state index in [9.17, 15) is 9.59 Å². The molecule has 0 aliphatic heterocycles. The predicted molar refractivity (Wildman–Crippen MR) is 71.0 cm³/mol. The van der Waals surface area contributed by atoms with Gasteiger partial charge in [0.05, 0.1) is 13.2 Å². The summed E-state index contributed by atoms with van der Waals surface area (Å²) in [6.07, 6.45) is 3.32. The van der Waals surface area contributed by atoms with E-state index in [2.05, 4.69) is 0 Å². The highest BCUT2D eigenvalue weighted by Crippen LogP contribution is 2.14. The first kappa shape index (κ1) is 17.5. The van der Waals surface area contributed by atoms with Crippen LogP contribution < -0.4 is 0 Å². The van der Waals surface area contributed by atoms with Crippen LogP contribution in [0, 0.1) is 0 Å². The number of carbonyl (C=O) groups excluding carboxylic acids is 2. The minimum Gasteiger partial charge on any atom is -0.465 e. The second-order valence-corrected chi connectivity index (χ2v) is 4.79. The van der Waals surface area contributed by atoms with Gasteiger partial charge >= 0.3 is 11.9 Å². The highest BCUT2D eigenvalue weighted by Gasteiger charge is 2.32. The zero-order valence-corrected chi connectivity index (χ0v) is 12.3. The zero-order chi connectivity index (χ0) is 14.0. The summed E-state index contributed by atoms with van der Waals surface area (Å²) in [4.78, 5) is 22.9. The Labute approximate surface area is 118 Å². The van der Waals surface area contributed by atoms with E-state index in [0.717, 1.165) is 25.7 Å². The van der Waals surface area contributed by atoms with Gasteiger partial charge in [0.1, 0.15) is 0 Å². The Morgan fingerprint density at radius 1 is 0.889 bits per heavy atom. The van der Waals surface area contributed by atoms with Gasteiger partial charge in [0.2, 0.25) is 0 Å². The van der Waals surface area contributed by atoms with Gasteiger partial charge in [-0.3, -0.25) is 9.59 Å². The van der Waals surface area contributed by atoms with Crippen molar-refractivity contribution in [2.45, 2.75) is 50.3 Å². The van der Waals surface area contributed by atoms with E-state index >= 15 is 0 Å². The van der Waals surface area contributed by atoms with Crippen molar-refractivity contribution in [3.63, 3.8) is 0 Å². The van der Waals surface area contributed by atoms with Crippen molar-refractivity contribution in [1.82, 2.24) is 0 Å². The van der Waals surface area contributed by atoms with Crippen LogP contribution in [0.3, 0.4) is 0 Å². The molecule has 0 aromatic rings. The van der Waals surface area contributed by atoms with Gasteiger partial charge in [0, 0.05) is 0 Å². The van der Waals surface area contributed by atoms with Crippen LogP contribution in [0.25, 0.3) is 0 Å². The largest absolute Gasteiger partial charge is 0.465 e. The molecule has 0 N–H and O–H groups in total. The SMILES string of the molecule is CCCCOC(=O)C(Cl)C(Cl)C(=O)OCCCC. The number of alkyl halides is 2. The van der Waals surface area contributed by atoms with E-state index in [-0.39, 0.29) is 13.2 Å². The van der Waals surface area contributed by atoms with Crippen LogP contribution in [0.2, 0.25) is 0 Å². The van der Waals surface area contributed by atoms with Crippen LogP contribution >= 0.6 is 23.2 Å². The Bertz CT molecular complexity index is 232. The van der Waals surface area contributed by atoms with Gasteiger partial charge in [-0.1, -0.05) is 26.7 Å². The summed E-state index contributed by atoms with van der Waals surface area (Å²) in [5, 5.41) is -2.42. The van der Waals surface area contributed by atoms with Gasteiger partial charge in [-0.15, -0.1) is 23.2 Å². The molecule has 106 valence electrons. The molecule has 0 aliphatic carbocycles. The molecule has 0 saturated carbocycles. The molecule has 0 aromatic carbocycles. The number of unbranched alkanes of at least 4 members (excludes halogenated alkanes) is 2. The Morgan fingerprint density at radius 2 is 1.22 bits per heavy atom. The molecule has 4 nitrogen and oxygen atoms in total. The molecule has 0 rings (SSSR count). The molecule has 0 amide bonds. The standard InChI is InChI=1S/C12H20Cl2O4/c1-3-5-7-17-11(15)9(13)10(14)12(16)18-8-6-4-2/h9-10H,3-8H2,1-2H3. The Kier molecular flexibility index (Phi) is 10.2. The zero-order valence-electron chi connectivity index (χ0n) is 10.8. The molecule has 0 fully saturated rings. The Morgan fingerprint density at radius 3 is 1.50 bits per heavy atom. The second kappa shape index (κ2) is 10.4. The maximum atomic E-state index is 11.4. The lowest BCUT2D eigenvalue weighted by atomic mass is 10.3. The van der Waals surface area contributed by atoms with Gasteiger partial charge in [-0.25, -0.2) is 0 Å². The Hall–Kier alpha value is -0.480. The quantitative estimate of drug-likeness (QED) is 0.373. The highest BCUT2D eigenvalue weighted by molar-refractivity contribution is 6.41. The molecule has 0 aliphatic rings. The maximum Gasteiger partial charge on any atom is 0.326 e. The molecule has 2 atom stereocenters. The molecule has 0 saturated heterocycles. The molecule has 0 bridgehead atoms. The van der Waals surface area contributed by atoms with Crippen molar-refractivity contribution >= 4 is 35.1 Å². The fraction of sp³-hybridized carbons (Fsp3) is 0.833. The number of halogens is 2. The molecule has 0 spiro atoms. The third-order valence-corrected chi connectivity index (χ3v) is 3.18. The van der Waals surface area contributed by atoms with Crippen molar-refractivity contribution in [1.29, 1.82) is 0 Å². The minimum absolute atomic E-state index is 0.285. The first-order chi connectivity index (χ1) is 8.54. The van der Waals surface area contributed by atoms with E-state index in [0.29, 0.717) is 0 Å². The minimum atomic E-state index is -1.21. The van der Waals surface area contributed by atoms with Crippen LogP contribution in [-0.2, 0) is 19.1 Å². The number of hydrogen-bond donors (Lipinski definition) is 0. The lowest BCUT2D eigenvalue weighted by molar-refractivity contribution is -0.149. The number of hydrogen-bond acceptors (Lipinski definition) is 4. The fourth-order valence-corrected chi connectivity index (χ4v) is 1.36. The molecular formula is C12H20Cl2O4. The predicted octanol–water partition coefficient (Wildman–Crippen LogP) is 2.89. The summed E-state index contributed by atoms with van der Waals surface area (Å²) in [6, 6.07) is 0. The summed E-state index contributed by atoms with van der Waals surface area (Å²) >= 11 is 11.5. The van der Waals surface area contributed by atoms with Gasteiger partial charge in [0.15, 0.2) is 10.8 Å². The van der Waals surface area contributed by atoms with Gasteiger partial charge < -0.3 is 9.47 Å². The lowest BCUT2D eigenvalue weighted by Crippen LogP contribution is -2.34. The average molecular weight is 299 g/mol. The fourth-order valence-electron chi connectivity index (χ4n) is 1.03. The van der Waals surface area contributed by atoms with Crippen molar-refractivity contribution < 1.29 is 19.1 Å². The van der Waals surface area contributed by atoms with Crippen LogP contribution in [0.15, 0.2) is 0 Å². The van der Waals surface area contributed by atoms with E-state index in [1.165, 1.54) is 0 Å². The van der Waals surface area contributed by atoms with Crippen molar-refractivity contribution in [3.8, 4) is 0 Å². The summed E-state index contributed by atoms with van der Waals surface area (Å²) in [5.41, 5.74) is 0. The molecule has 18 heavy (non-hydrogen) atoms. The normalized spacial score (nSPS) is 13.8. The van der Waals surface area contributed by atoms with E-state index in [1.54, 1.807) is 0 Å². The average Bonchev–Trinajstić information content (AvgIpc) is 2.37. The van der Waals surface area contributed by atoms with Crippen LogP contribution in [0.5, 0.6) is 0 Å². The first-order valence-electron chi connectivity index (χ1n) is 6.16. The monoisotopic (exact) mass is 298 g/mol.